The van der Waals surface area contributed by atoms with Gasteiger partial charge in [-0.05, 0) is 60.9 Å². The molecule has 0 fully saturated rings. The van der Waals surface area contributed by atoms with E-state index in [-0.39, 0.29) is 0 Å². The van der Waals surface area contributed by atoms with E-state index in [1.807, 2.05) is 0 Å². The summed E-state index contributed by atoms with van der Waals surface area (Å²) in [5.41, 5.74) is 8.04. The van der Waals surface area contributed by atoms with Crippen LogP contribution in [0, 0.1) is 13.8 Å². The van der Waals surface area contributed by atoms with Gasteiger partial charge in [-0.2, -0.15) is 0 Å². The zero-order valence-electron chi connectivity index (χ0n) is 16.0. The minimum atomic E-state index is 0.890. The zero-order valence-corrected chi connectivity index (χ0v) is 16.0. The van der Waals surface area contributed by atoms with E-state index in [1.165, 1.54) is 22.3 Å². The molecule has 5 rings (SSSR count). The van der Waals surface area contributed by atoms with E-state index in [2.05, 4.69) is 110 Å². The van der Waals surface area contributed by atoms with Gasteiger partial charge in [0.25, 0.3) is 0 Å². The van der Waals surface area contributed by atoms with Crippen LogP contribution in [0.15, 0.2) is 91.0 Å². The van der Waals surface area contributed by atoms with Gasteiger partial charge in [-0.25, -0.2) is 0 Å². The molecule has 0 saturated carbocycles. The largest absolute Gasteiger partial charge is 0.453 e. The van der Waals surface area contributed by atoms with Crippen LogP contribution in [0.1, 0.15) is 11.1 Å². The highest BCUT2D eigenvalue weighted by Gasteiger charge is 2.27. The molecule has 136 valence electrons. The summed E-state index contributed by atoms with van der Waals surface area (Å²) in [6, 6.07) is 31.9. The average Bonchev–Trinajstić information content (AvgIpc) is 2.72. The predicted octanol–water partition coefficient (Wildman–Crippen LogP) is 7.55. The summed E-state index contributed by atoms with van der Waals surface area (Å²) in [4.78, 5) is 2.31. The zero-order chi connectivity index (χ0) is 19.1. The van der Waals surface area contributed by atoms with Gasteiger partial charge in [0.15, 0.2) is 11.5 Å². The quantitative estimate of drug-likeness (QED) is 0.321. The van der Waals surface area contributed by atoms with Gasteiger partial charge in [0, 0.05) is 5.56 Å². The Labute approximate surface area is 165 Å². The molecular weight excluding hydrogens is 342 g/mol. The van der Waals surface area contributed by atoms with Crippen LogP contribution in [0.5, 0.6) is 11.5 Å². The van der Waals surface area contributed by atoms with Crippen molar-refractivity contribution in [2.75, 3.05) is 4.90 Å². The van der Waals surface area contributed by atoms with E-state index in [9.17, 15) is 0 Å². The third-order valence-corrected chi connectivity index (χ3v) is 5.16. The summed E-state index contributed by atoms with van der Waals surface area (Å²) in [5, 5.41) is 0. The molecule has 0 N–H and O–H groups in total. The SMILES string of the molecule is Cc1ccc2c(c1)Oc1cc(C)ccc1N2c1ccccc1-c1ccccc1. The fraction of sp³-hybridized carbons (Fsp3) is 0.0769. The predicted molar refractivity (Wildman–Crippen MR) is 116 cm³/mol. The molecular formula is C26H21NO. The molecule has 1 aliphatic heterocycles. The lowest BCUT2D eigenvalue weighted by Gasteiger charge is -2.34. The normalized spacial score (nSPS) is 12.1. The van der Waals surface area contributed by atoms with Crippen molar-refractivity contribution in [1.29, 1.82) is 0 Å². The Morgan fingerprint density at radius 1 is 0.571 bits per heavy atom. The molecule has 0 amide bonds. The maximum absolute atomic E-state index is 6.29. The topological polar surface area (TPSA) is 12.5 Å². The number of hydrogen-bond donors (Lipinski definition) is 0. The number of nitrogens with zero attached hydrogens (tertiary/aromatic N) is 1. The van der Waals surface area contributed by atoms with Crippen molar-refractivity contribution >= 4 is 17.1 Å². The average molecular weight is 363 g/mol. The molecule has 0 saturated heterocycles. The lowest BCUT2D eigenvalue weighted by Crippen LogP contribution is -2.16. The van der Waals surface area contributed by atoms with E-state index < -0.39 is 0 Å². The highest BCUT2D eigenvalue weighted by molar-refractivity contribution is 5.93. The van der Waals surface area contributed by atoms with Crippen LogP contribution in [0.4, 0.5) is 17.1 Å². The van der Waals surface area contributed by atoms with Crippen LogP contribution in [0.25, 0.3) is 11.1 Å². The second-order valence-corrected chi connectivity index (χ2v) is 7.26. The Bertz CT molecular complexity index is 1110. The number of benzene rings is 4. The van der Waals surface area contributed by atoms with Crippen LogP contribution >= 0.6 is 0 Å². The molecule has 0 aliphatic carbocycles. The summed E-state index contributed by atoms with van der Waals surface area (Å²) < 4.78 is 6.29. The molecule has 4 aromatic carbocycles. The Balaban J connectivity index is 1.78. The molecule has 0 unspecified atom stereocenters. The molecule has 2 nitrogen and oxygen atoms in total. The minimum Gasteiger partial charge on any atom is -0.453 e. The summed E-state index contributed by atoms with van der Waals surface area (Å²) in [5.74, 6) is 1.78. The van der Waals surface area contributed by atoms with Crippen LogP contribution in [-0.2, 0) is 0 Å². The van der Waals surface area contributed by atoms with Gasteiger partial charge in [-0.3, -0.25) is 0 Å². The van der Waals surface area contributed by atoms with E-state index in [0.29, 0.717) is 0 Å². The van der Waals surface area contributed by atoms with E-state index in [1.54, 1.807) is 0 Å². The molecule has 28 heavy (non-hydrogen) atoms. The number of aryl methyl sites for hydroxylation is 2. The lowest BCUT2D eigenvalue weighted by molar-refractivity contribution is 0.476. The van der Waals surface area contributed by atoms with Gasteiger partial charge in [-0.1, -0.05) is 60.7 Å². The van der Waals surface area contributed by atoms with Gasteiger partial charge in [0.1, 0.15) is 0 Å². The minimum absolute atomic E-state index is 0.890. The maximum Gasteiger partial charge on any atom is 0.151 e. The van der Waals surface area contributed by atoms with Crippen molar-refractivity contribution in [2.45, 2.75) is 13.8 Å². The first-order chi connectivity index (χ1) is 13.7. The van der Waals surface area contributed by atoms with Crippen LogP contribution in [-0.4, -0.2) is 0 Å². The lowest BCUT2D eigenvalue weighted by atomic mass is 10.0. The van der Waals surface area contributed by atoms with E-state index >= 15 is 0 Å². The van der Waals surface area contributed by atoms with Gasteiger partial charge in [0.2, 0.25) is 0 Å². The highest BCUT2D eigenvalue weighted by Crippen LogP contribution is 2.52. The highest BCUT2D eigenvalue weighted by atomic mass is 16.5. The van der Waals surface area contributed by atoms with Crippen molar-refractivity contribution < 1.29 is 4.74 Å². The monoisotopic (exact) mass is 363 g/mol. The fourth-order valence-corrected chi connectivity index (χ4v) is 3.81. The Morgan fingerprint density at radius 3 is 1.79 bits per heavy atom. The number of hydrogen-bond acceptors (Lipinski definition) is 2. The molecule has 1 heterocycles. The molecule has 1 aliphatic rings. The molecule has 2 heteroatoms. The first-order valence-corrected chi connectivity index (χ1v) is 9.54. The smallest absolute Gasteiger partial charge is 0.151 e. The van der Waals surface area contributed by atoms with Crippen LogP contribution in [0.2, 0.25) is 0 Å². The molecule has 4 aromatic rings. The Morgan fingerprint density at radius 2 is 1.14 bits per heavy atom. The summed E-state index contributed by atoms with van der Waals surface area (Å²) >= 11 is 0. The summed E-state index contributed by atoms with van der Waals surface area (Å²) in [7, 11) is 0. The number of ether oxygens (including phenoxy) is 1. The third-order valence-electron chi connectivity index (χ3n) is 5.16. The Hall–Kier alpha value is -3.52. The third kappa shape index (κ3) is 2.74. The van der Waals surface area contributed by atoms with Gasteiger partial charge < -0.3 is 9.64 Å². The van der Waals surface area contributed by atoms with Crippen molar-refractivity contribution in [3.63, 3.8) is 0 Å². The van der Waals surface area contributed by atoms with Crippen molar-refractivity contribution in [3.8, 4) is 22.6 Å². The first kappa shape index (κ1) is 16.6. The maximum atomic E-state index is 6.29. The number of fused-ring (bicyclic) bond motifs is 2. The molecule has 0 radical (unpaired) electrons. The second-order valence-electron chi connectivity index (χ2n) is 7.26. The number of para-hydroxylation sites is 1. The number of rotatable bonds is 2. The summed E-state index contributed by atoms with van der Waals surface area (Å²) in [6.45, 7) is 4.19. The first-order valence-electron chi connectivity index (χ1n) is 9.54. The van der Waals surface area contributed by atoms with Gasteiger partial charge in [0.05, 0.1) is 17.1 Å². The Kier molecular flexibility index (Phi) is 3.91. The number of anilines is 3. The second kappa shape index (κ2) is 6.58. The van der Waals surface area contributed by atoms with E-state index in [0.717, 1.165) is 28.6 Å². The van der Waals surface area contributed by atoms with Gasteiger partial charge >= 0.3 is 0 Å². The van der Waals surface area contributed by atoms with Crippen molar-refractivity contribution in [2.24, 2.45) is 0 Å². The van der Waals surface area contributed by atoms with Crippen LogP contribution in [0.3, 0.4) is 0 Å². The standard InChI is InChI=1S/C26H21NO/c1-18-12-14-23-25(16-18)28-26-17-19(2)13-15-24(26)27(23)22-11-7-6-10-21(22)20-8-4-3-5-9-20/h3-17H,1-2H3. The molecule has 0 aromatic heterocycles. The summed E-state index contributed by atoms with van der Waals surface area (Å²) in [6.07, 6.45) is 0. The molecule has 0 atom stereocenters. The molecule has 0 bridgehead atoms. The van der Waals surface area contributed by atoms with E-state index in [4.69, 9.17) is 4.74 Å². The van der Waals surface area contributed by atoms with Gasteiger partial charge in [-0.15, -0.1) is 0 Å². The fourth-order valence-electron chi connectivity index (χ4n) is 3.81. The van der Waals surface area contributed by atoms with Crippen LogP contribution < -0.4 is 9.64 Å². The van der Waals surface area contributed by atoms with Crippen molar-refractivity contribution in [1.82, 2.24) is 0 Å². The molecule has 0 spiro atoms. The van der Waals surface area contributed by atoms with Crippen molar-refractivity contribution in [3.05, 3.63) is 102 Å².